The lowest BCUT2D eigenvalue weighted by Gasteiger charge is -2.17. The second-order valence-corrected chi connectivity index (χ2v) is 6.56. The number of aromatic nitrogens is 1. The van der Waals surface area contributed by atoms with Crippen LogP contribution in [0.15, 0.2) is 48.7 Å². The molecule has 0 atom stereocenters. The fourth-order valence-corrected chi connectivity index (χ4v) is 2.85. The zero-order valence-electron chi connectivity index (χ0n) is 16.6. The molecular formula is C21H20F3N3O3. The smallest absolute Gasteiger partial charge is 0.462 e. The van der Waals surface area contributed by atoms with E-state index in [4.69, 9.17) is 4.74 Å². The predicted molar refractivity (Wildman–Crippen MR) is 108 cm³/mol. The van der Waals surface area contributed by atoms with Gasteiger partial charge in [0.25, 0.3) is 0 Å². The second-order valence-electron chi connectivity index (χ2n) is 6.56. The molecule has 1 N–H and O–H groups in total. The molecule has 0 aliphatic rings. The molecule has 6 nitrogen and oxygen atoms in total. The number of halogens is 3. The van der Waals surface area contributed by atoms with Crippen molar-refractivity contribution in [2.24, 2.45) is 0 Å². The number of anilines is 3. The van der Waals surface area contributed by atoms with Crippen molar-refractivity contribution in [2.75, 3.05) is 30.9 Å². The molecule has 2 aromatic carbocycles. The van der Waals surface area contributed by atoms with Crippen molar-refractivity contribution < 1.29 is 27.4 Å². The minimum Gasteiger partial charge on any atom is -0.462 e. The first-order chi connectivity index (χ1) is 14.2. The number of nitrogens with one attached hydrogen (secondary N) is 1. The van der Waals surface area contributed by atoms with E-state index in [0.29, 0.717) is 16.6 Å². The summed E-state index contributed by atoms with van der Waals surface area (Å²) in [7, 11) is 3.81. The van der Waals surface area contributed by atoms with Crippen molar-refractivity contribution in [3.8, 4) is 5.75 Å². The number of pyridine rings is 1. The molecule has 0 unspecified atom stereocenters. The van der Waals surface area contributed by atoms with Crippen LogP contribution in [-0.4, -0.2) is 38.0 Å². The van der Waals surface area contributed by atoms with Crippen molar-refractivity contribution in [1.29, 1.82) is 0 Å². The molecule has 3 rings (SSSR count). The monoisotopic (exact) mass is 419 g/mol. The van der Waals surface area contributed by atoms with E-state index in [1.807, 2.05) is 31.1 Å². The number of hydrogen-bond donors (Lipinski definition) is 1. The number of fused-ring (bicyclic) bond motifs is 1. The molecule has 0 aliphatic carbocycles. The van der Waals surface area contributed by atoms with Gasteiger partial charge < -0.3 is 19.7 Å². The Morgan fingerprint density at radius 1 is 1.13 bits per heavy atom. The number of benzene rings is 2. The Morgan fingerprint density at radius 3 is 2.43 bits per heavy atom. The number of carbonyl (C=O) groups is 1. The Kier molecular flexibility index (Phi) is 6.00. The summed E-state index contributed by atoms with van der Waals surface area (Å²) in [5.74, 6) is -1.05. The zero-order chi connectivity index (χ0) is 21.9. The average Bonchev–Trinajstić information content (AvgIpc) is 2.67. The molecule has 0 saturated heterocycles. The van der Waals surface area contributed by atoms with Gasteiger partial charge in [-0.1, -0.05) is 0 Å². The fraction of sp³-hybridized carbons (Fsp3) is 0.238. The van der Waals surface area contributed by atoms with Crippen LogP contribution < -0.4 is 15.0 Å². The van der Waals surface area contributed by atoms with Crippen LogP contribution in [0.1, 0.15) is 17.3 Å². The second kappa shape index (κ2) is 8.48. The average molecular weight is 419 g/mol. The van der Waals surface area contributed by atoms with E-state index >= 15 is 0 Å². The van der Waals surface area contributed by atoms with Crippen LogP contribution in [0.4, 0.5) is 30.2 Å². The largest absolute Gasteiger partial charge is 0.573 e. The van der Waals surface area contributed by atoms with Crippen LogP contribution in [0.2, 0.25) is 0 Å². The molecule has 1 aromatic heterocycles. The van der Waals surface area contributed by atoms with Crippen LogP contribution >= 0.6 is 0 Å². The van der Waals surface area contributed by atoms with Crippen molar-refractivity contribution in [3.63, 3.8) is 0 Å². The molecule has 0 bridgehead atoms. The summed E-state index contributed by atoms with van der Waals surface area (Å²) in [4.78, 5) is 18.5. The third kappa shape index (κ3) is 4.91. The van der Waals surface area contributed by atoms with Gasteiger partial charge in [-0.05, 0) is 49.4 Å². The van der Waals surface area contributed by atoms with Gasteiger partial charge in [0.1, 0.15) is 11.3 Å². The van der Waals surface area contributed by atoms with Crippen LogP contribution in [0.25, 0.3) is 10.9 Å². The molecule has 9 heteroatoms. The molecule has 0 aliphatic heterocycles. The minimum absolute atomic E-state index is 0.102. The van der Waals surface area contributed by atoms with Gasteiger partial charge >= 0.3 is 12.3 Å². The third-order valence-corrected chi connectivity index (χ3v) is 4.22. The summed E-state index contributed by atoms with van der Waals surface area (Å²) in [6, 6.07) is 11.1. The van der Waals surface area contributed by atoms with Gasteiger partial charge in [0.2, 0.25) is 0 Å². The van der Waals surface area contributed by atoms with E-state index < -0.39 is 18.1 Å². The number of alkyl halides is 3. The normalized spacial score (nSPS) is 11.3. The summed E-state index contributed by atoms with van der Waals surface area (Å²) in [6.45, 7) is 1.81. The molecule has 30 heavy (non-hydrogen) atoms. The van der Waals surface area contributed by atoms with Crippen molar-refractivity contribution >= 4 is 33.9 Å². The first-order valence-electron chi connectivity index (χ1n) is 9.08. The van der Waals surface area contributed by atoms with Crippen molar-refractivity contribution in [1.82, 2.24) is 4.98 Å². The van der Waals surface area contributed by atoms with Gasteiger partial charge in [-0.2, -0.15) is 0 Å². The maximum Gasteiger partial charge on any atom is 0.573 e. The van der Waals surface area contributed by atoms with Crippen molar-refractivity contribution in [3.05, 3.63) is 54.2 Å². The van der Waals surface area contributed by atoms with E-state index in [2.05, 4.69) is 15.0 Å². The number of esters is 1. The van der Waals surface area contributed by atoms with Crippen LogP contribution in [0, 0.1) is 0 Å². The zero-order valence-corrected chi connectivity index (χ0v) is 16.6. The molecule has 0 saturated carbocycles. The van der Waals surface area contributed by atoms with Gasteiger partial charge in [-0.25, -0.2) is 4.79 Å². The molecule has 0 spiro atoms. The Morgan fingerprint density at radius 2 is 1.83 bits per heavy atom. The molecule has 158 valence electrons. The maximum atomic E-state index is 12.7. The highest BCUT2D eigenvalue weighted by Crippen LogP contribution is 2.34. The topological polar surface area (TPSA) is 63.7 Å². The van der Waals surface area contributed by atoms with Crippen LogP contribution in [0.3, 0.4) is 0 Å². The molecule has 0 radical (unpaired) electrons. The van der Waals surface area contributed by atoms with Crippen LogP contribution in [0.5, 0.6) is 5.75 Å². The Hall–Kier alpha value is -3.49. The van der Waals surface area contributed by atoms with Gasteiger partial charge in [-0.3, -0.25) is 4.98 Å². The Balaban J connectivity index is 2.11. The minimum atomic E-state index is -4.84. The van der Waals surface area contributed by atoms with Gasteiger partial charge in [0.05, 0.1) is 17.8 Å². The van der Waals surface area contributed by atoms with E-state index in [0.717, 1.165) is 5.69 Å². The van der Waals surface area contributed by atoms with Crippen molar-refractivity contribution in [2.45, 2.75) is 13.3 Å². The SMILES string of the molecule is CCOC(=O)c1cnc2ccc(OC(F)(F)F)cc2c1Nc1ccc(N(C)C)cc1. The number of ether oxygens (including phenoxy) is 2. The van der Waals surface area contributed by atoms with Gasteiger partial charge in [0, 0.05) is 37.1 Å². The lowest BCUT2D eigenvalue weighted by molar-refractivity contribution is -0.274. The van der Waals surface area contributed by atoms with Gasteiger partial charge in [0.15, 0.2) is 0 Å². The predicted octanol–water partition coefficient (Wildman–Crippen LogP) is 5.12. The first-order valence-corrected chi connectivity index (χ1v) is 9.08. The van der Waals surface area contributed by atoms with E-state index in [1.165, 1.54) is 24.4 Å². The van der Waals surface area contributed by atoms with E-state index in [9.17, 15) is 18.0 Å². The maximum absolute atomic E-state index is 12.7. The molecule has 1 heterocycles. The highest BCUT2D eigenvalue weighted by atomic mass is 19.4. The number of nitrogens with zero attached hydrogens (tertiary/aromatic N) is 2. The summed E-state index contributed by atoms with van der Waals surface area (Å²) >= 11 is 0. The molecule has 3 aromatic rings. The Labute approximate surface area is 171 Å². The number of hydrogen-bond acceptors (Lipinski definition) is 6. The number of carbonyl (C=O) groups excluding carboxylic acids is 1. The molecule has 0 amide bonds. The van der Waals surface area contributed by atoms with E-state index in [-0.39, 0.29) is 17.9 Å². The number of rotatable bonds is 6. The third-order valence-electron chi connectivity index (χ3n) is 4.22. The van der Waals surface area contributed by atoms with Gasteiger partial charge in [-0.15, -0.1) is 13.2 Å². The lowest BCUT2D eigenvalue weighted by Crippen LogP contribution is -2.17. The van der Waals surface area contributed by atoms with E-state index in [1.54, 1.807) is 19.1 Å². The summed E-state index contributed by atoms with van der Waals surface area (Å²) < 4.78 is 47.1. The quantitative estimate of drug-likeness (QED) is 0.560. The fourth-order valence-electron chi connectivity index (χ4n) is 2.85. The summed E-state index contributed by atoms with van der Waals surface area (Å²) in [5.41, 5.74) is 2.38. The highest BCUT2D eigenvalue weighted by Gasteiger charge is 2.31. The standard InChI is InChI=1S/C21H20F3N3O3/c1-4-29-20(28)17-12-25-18-10-9-15(30-21(22,23)24)11-16(18)19(17)26-13-5-7-14(8-6-13)27(2)3/h5-12H,4H2,1-3H3,(H,25,26). The molecule has 0 fully saturated rings. The van der Waals surface area contributed by atoms with Crippen LogP contribution in [-0.2, 0) is 4.74 Å². The summed E-state index contributed by atoms with van der Waals surface area (Å²) in [6.07, 6.45) is -3.50. The lowest BCUT2D eigenvalue weighted by atomic mass is 10.1. The summed E-state index contributed by atoms with van der Waals surface area (Å²) in [5, 5.41) is 3.41. The first kappa shape index (κ1) is 21.2. The Bertz CT molecular complexity index is 1050. The highest BCUT2D eigenvalue weighted by molar-refractivity contribution is 6.06. The molecular weight excluding hydrogens is 399 g/mol.